The van der Waals surface area contributed by atoms with Gasteiger partial charge in [-0.05, 0) is 42.0 Å². The van der Waals surface area contributed by atoms with Gasteiger partial charge >= 0.3 is 0 Å². The molecule has 3 N–H and O–H groups in total. The van der Waals surface area contributed by atoms with Gasteiger partial charge in [0, 0.05) is 21.2 Å². The summed E-state index contributed by atoms with van der Waals surface area (Å²) in [5.41, 5.74) is -0.648. The summed E-state index contributed by atoms with van der Waals surface area (Å²) in [5.74, 6) is -0.782. The van der Waals surface area contributed by atoms with E-state index in [0.717, 1.165) is 12.1 Å². The summed E-state index contributed by atoms with van der Waals surface area (Å²) in [6.07, 6.45) is 0. The van der Waals surface area contributed by atoms with Gasteiger partial charge in [0.05, 0.1) is 10.0 Å². The van der Waals surface area contributed by atoms with E-state index < -0.39 is 20.6 Å². The smallest absolute Gasteiger partial charge is 0.283 e. The highest BCUT2D eigenvalue weighted by Gasteiger charge is 2.52. The molecule has 10 heteroatoms. The van der Waals surface area contributed by atoms with Gasteiger partial charge in [0.15, 0.2) is 4.75 Å². The molecule has 152 valence electrons. The van der Waals surface area contributed by atoms with Crippen LogP contribution in [0.4, 0.5) is 0 Å². The summed E-state index contributed by atoms with van der Waals surface area (Å²) >= 11 is 24.8. The monoisotopic (exact) mass is 492 g/mol. The molecule has 0 aliphatic rings. The molecule has 3 rings (SSSR count). The van der Waals surface area contributed by atoms with E-state index in [1.54, 1.807) is 0 Å². The summed E-state index contributed by atoms with van der Waals surface area (Å²) in [5, 5.41) is 19.9. The van der Waals surface area contributed by atoms with Gasteiger partial charge in [-0.15, -0.1) is 0 Å². The second kappa shape index (κ2) is 7.87. The number of para-hydroxylation sites is 1. The third-order valence-corrected chi connectivity index (χ3v) is 6.78. The first-order valence-corrected chi connectivity index (χ1v) is 10.8. The summed E-state index contributed by atoms with van der Waals surface area (Å²) in [4.78, 5) is 0. The quantitative estimate of drug-likeness (QED) is 0.311. The average molecular weight is 494 g/mol. The second-order valence-electron chi connectivity index (χ2n) is 6.12. The molecule has 0 aliphatic carbocycles. The van der Waals surface area contributed by atoms with Crippen molar-refractivity contribution < 1.29 is 23.2 Å². The molecule has 0 amide bonds. The number of rotatable bonds is 4. The number of halogens is 4. The zero-order chi connectivity index (χ0) is 21.6. The van der Waals surface area contributed by atoms with Crippen LogP contribution in [-0.4, -0.2) is 23.2 Å². The fourth-order valence-electron chi connectivity index (χ4n) is 3.28. The lowest BCUT2D eigenvalue weighted by molar-refractivity contribution is 0.440. The molecule has 0 saturated carbocycles. The minimum Gasteiger partial charge on any atom is -0.508 e. The van der Waals surface area contributed by atoms with E-state index in [9.17, 15) is 23.2 Å². The topological polar surface area (TPSA) is 94.8 Å². The Hall–Kier alpha value is -1.67. The molecule has 29 heavy (non-hydrogen) atoms. The minimum absolute atomic E-state index is 0.0713. The van der Waals surface area contributed by atoms with Crippen LogP contribution in [0, 0.1) is 0 Å². The Labute approximate surface area is 186 Å². The number of hydrogen-bond acceptors (Lipinski definition) is 4. The molecule has 0 aliphatic heterocycles. The van der Waals surface area contributed by atoms with Gasteiger partial charge in [0.2, 0.25) is 0 Å². The average Bonchev–Trinajstić information content (AvgIpc) is 2.56. The van der Waals surface area contributed by atoms with E-state index in [1.165, 1.54) is 42.5 Å². The highest BCUT2D eigenvalue weighted by Crippen LogP contribution is 2.52. The lowest BCUT2D eigenvalue weighted by Crippen LogP contribution is -2.39. The third kappa shape index (κ3) is 3.77. The van der Waals surface area contributed by atoms with E-state index in [0.29, 0.717) is 0 Å². The standard InChI is InChI=1S/C19H12Cl4O5S/c20-11-5-10(6-12(21)7-11)19(29(26,27)28,14-3-1-2-4-17(14)25)18-15(22)8-13(24)9-16(18)23/h1-9,24-25H,(H,26,27,28). The van der Waals surface area contributed by atoms with Crippen molar-refractivity contribution in [2.24, 2.45) is 0 Å². The van der Waals surface area contributed by atoms with Crippen LogP contribution in [0.3, 0.4) is 0 Å². The first-order chi connectivity index (χ1) is 13.5. The molecule has 3 aromatic carbocycles. The number of phenolic OH excluding ortho intramolecular Hbond substituents is 2. The third-order valence-electron chi connectivity index (χ3n) is 4.32. The van der Waals surface area contributed by atoms with Crippen LogP contribution in [-0.2, 0) is 14.9 Å². The fraction of sp³-hybridized carbons (Fsp3) is 0.0526. The molecule has 0 bridgehead atoms. The molecule has 0 heterocycles. The molecule has 1 atom stereocenters. The summed E-state index contributed by atoms with van der Waals surface area (Å²) in [6, 6.07) is 11.5. The Morgan fingerprint density at radius 3 is 1.79 bits per heavy atom. The van der Waals surface area contributed by atoms with Crippen LogP contribution in [0.2, 0.25) is 20.1 Å². The van der Waals surface area contributed by atoms with Crippen molar-refractivity contribution in [2.45, 2.75) is 4.75 Å². The highest BCUT2D eigenvalue weighted by atomic mass is 35.5. The van der Waals surface area contributed by atoms with Gasteiger partial charge in [0.25, 0.3) is 10.1 Å². The van der Waals surface area contributed by atoms with Crippen molar-refractivity contribution in [3.8, 4) is 11.5 Å². The van der Waals surface area contributed by atoms with Crippen molar-refractivity contribution in [3.63, 3.8) is 0 Å². The summed E-state index contributed by atoms with van der Waals surface area (Å²) in [6.45, 7) is 0. The van der Waals surface area contributed by atoms with Gasteiger partial charge in [-0.3, -0.25) is 4.55 Å². The first-order valence-electron chi connectivity index (χ1n) is 7.89. The lowest BCUT2D eigenvalue weighted by Gasteiger charge is -2.34. The van der Waals surface area contributed by atoms with E-state index in [-0.39, 0.29) is 42.5 Å². The Kier molecular flexibility index (Phi) is 5.98. The van der Waals surface area contributed by atoms with Crippen LogP contribution in [0.5, 0.6) is 11.5 Å². The minimum atomic E-state index is -5.13. The SMILES string of the molecule is O=S(=O)(O)C(c1cc(Cl)cc(Cl)c1)(c1ccccc1O)c1c(Cl)cc(O)cc1Cl. The molecule has 0 spiro atoms. The number of benzene rings is 3. The second-order valence-corrected chi connectivity index (χ2v) is 9.37. The predicted molar refractivity (Wildman–Crippen MR) is 114 cm³/mol. The summed E-state index contributed by atoms with van der Waals surface area (Å²) < 4.78 is 34.0. The predicted octanol–water partition coefficient (Wildman–Crippen LogP) is 5.89. The molecule has 0 aromatic heterocycles. The van der Waals surface area contributed by atoms with Gasteiger partial charge < -0.3 is 10.2 Å². The number of phenols is 2. The van der Waals surface area contributed by atoms with E-state index >= 15 is 0 Å². The van der Waals surface area contributed by atoms with Crippen LogP contribution in [0.25, 0.3) is 0 Å². The Bertz CT molecular complexity index is 1170. The zero-order valence-electron chi connectivity index (χ0n) is 14.3. The van der Waals surface area contributed by atoms with E-state index in [1.807, 2.05) is 0 Å². The van der Waals surface area contributed by atoms with Crippen molar-refractivity contribution in [1.29, 1.82) is 0 Å². The number of hydrogen-bond donors (Lipinski definition) is 3. The Balaban J connectivity index is 2.66. The zero-order valence-corrected chi connectivity index (χ0v) is 18.1. The van der Waals surface area contributed by atoms with Crippen molar-refractivity contribution in [3.05, 3.63) is 91.4 Å². The van der Waals surface area contributed by atoms with Gasteiger partial charge in [-0.25, -0.2) is 0 Å². The molecular formula is C19H12Cl4O5S. The maximum atomic E-state index is 13.0. The van der Waals surface area contributed by atoms with Crippen LogP contribution in [0.1, 0.15) is 16.7 Å². The highest BCUT2D eigenvalue weighted by molar-refractivity contribution is 7.87. The largest absolute Gasteiger partial charge is 0.508 e. The molecular weight excluding hydrogens is 482 g/mol. The fourth-order valence-corrected chi connectivity index (χ4v) is 6.02. The molecule has 0 fully saturated rings. The van der Waals surface area contributed by atoms with Crippen LogP contribution >= 0.6 is 46.4 Å². The van der Waals surface area contributed by atoms with E-state index in [4.69, 9.17) is 46.4 Å². The van der Waals surface area contributed by atoms with E-state index in [2.05, 4.69) is 0 Å². The van der Waals surface area contributed by atoms with Crippen molar-refractivity contribution in [1.82, 2.24) is 0 Å². The molecule has 3 aromatic rings. The molecule has 1 unspecified atom stereocenters. The molecule has 0 radical (unpaired) electrons. The molecule has 0 saturated heterocycles. The normalized spacial score (nSPS) is 13.8. The van der Waals surface area contributed by atoms with Crippen LogP contribution < -0.4 is 0 Å². The van der Waals surface area contributed by atoms with Crippen molar-refractivity contribution in [2.75, 3.05) is 0 Å². The maximum Gasteiger partial charge on any atom is 0.283 e. The summed E-state index contributed by atoms with van der Waals surface area (Å²) in [7, 11) is -5.13. The lowest BCUT2D eigenvalue weighted by atomic mass is 9.83. The van der Waals surface area contributed by atoms with Gasteiger partial charge in [-0.1, -0.05) is 64.6 Å². The Morgan fingerprint density at radius 2 is 1.31 bits per heavy atom. The van der Waals surface area contributed by atoms with Crippen molar-refractivity contribution >= 4 is 56.5 Å². The Morgan fingerprint density at radius 1 is 0.793 bits per heavy atom. The van der Waals surface area contributed by atoms with Gasteiger partial charge in [0.1, 0.15) is 11.5 Å². The first kappa shape index (κ1) is 22.0. The van der Waals surface area contributed by atoms with Gasteiger partial charge in [-0.2, -0.15) is 8.42 Å². The van der Waals surface area contributed by atoms with Crippen LogP contribution in [0.15, 0.2) is 54.6 Å². The number of aromatic hydroxyl groups is 2. The molecule has 5 nitrogen and oxygen atoms in total. The maximum absolute atomic E-state index is 13.0.